The van der Waals surface area contributed by atoms with Crippen molar-refractivity contribution in [2.75, 3.05) is 25.0 Å². The van der Waals surface area contributed by atoms with E-state index in [-0.39, 0.29) is 11.5 Å². The van der Waals surface area contributed by atoms with E-state index in [1.54, 1.807) is 19.3 Å². The van der Waals surface area contributed by atoms with Crippen LogP contribution in [0.5, 0.6) is 0 Å². The molecule has 102 valence electrons. The number of nitrogens with one attached hydrogen (secondary N) is 1. The molecule has 0 radical (unpaired) electrons. The Bertz CT molecular complexity index is 518. The van der Waals surface area contributed by atoms with Gasteiger partial charge in [-0.1, -0.05) is 0 Å². The van der Waals surface area contributed by atoms with Crippen LogP contribution in [-0.2, 0) is 4.79 Å². The lowest BCUT2D eigenvalue weighted by molar-refractivity contribution is -0.128. The Hall–Kier alpha value is -2.11. The van der Waals surface area contributed by atoms with E-state index in [1.807, 2.05) is 11.8 Å². The second-order valence-electron chi connectivity index (χ2n) is 4.99. The summed E-state index contributed by atoms with van der Waals surface area (Å²) in [6.07, 6.45) is 2.25. The summed E-state index contributed by atoms with van der Waals surface area (Å²) < 4.78 is 0. The van der Waals surface area contributed by atoms with Crippen LogP contribution in [0.2, 0.25) is 0 Å². The predicted molar refractivity (Wildman–Crippen MR) is 70.2 cm³/mol. The largest absolute Gasteiger partial charge is 0.478 e. The van der Waals surface area contributed by atoms with Gasteiger partial charge in [-0.3, -0.25) is 4.79 Å². The van der Waals surface area contributed by atoms with Gasteiger partial charge in [-0.2, -0.15) is 0 Å². The molecule has 1 aliphatic heterocycles. The minimum Gasteiger partial charge on any atom is -0.478 e. The summed E-state index contributed by atoms with van der Waals surface area (Å²) in [4.78, 5) is 29.0. The maximum atomic E-state index is 11.9. The van der Waals surface area contributed by atoms with E-state index in [2.05, 4.69) is 10.3 Å². The third-order valence-electron chi connectivity index (χ3n) is 3.57. The molecule has 2 heterocycles. The molecular weight excluding hydrogens is 246 g/mol. The van der Waals surface area contributed by atoms with E-state index >= 15 is 0 Å². The smallest absolute Gasteiger partial charge is 0.339 e. The first-order chi connectivity index (χ1) is 8.98. The van der Waals surface area contributed by atoms with Gasteiger partial charge in [-0.05, 0) is 25.5 Å². The van der Waals surface area contributed by atoms with Crippen molar-refractivity contribution in [3.05, 3.63) is 23.9 Å². The highest BCUT2D eigenvalue weighted by Gasteiger charge is 2.41. The molecule has 1 aromatic heterocycles. The standard InChI is InChI=1S/C13H17N3O3/c1-13(12(19)14-2)5-7-16(8-13)10-9(11(17)18)4-3-6-15-10/h3-4,6H,5,7-8H2,1-2H3,(H,14,19)(H,17,18). The van der Waals surface area contributed by atoms with Crippen LogP contribution in [-0.4, -0.2) is 42.1 Å². The summed E-state index contributed by atoms with van der Waals surface area (Å²) >= 11 is 0. The van der Waals surface area contributed by atoms with Crippen molar-refractivity contribution in [3.8, 4) is 0 Å². The molecule has 19 heavy (non-hydrogen) atoms. The topological polar surface area (TPSA) is 82.5 Å². The number of hydrogen-bond donors (Lipinski definition) is 2. The maximum Gasteiger partial charge on any atom is 0.339 e. The van der Waals surface area contributed by atoms with Crippen molar-refractivity contribution in [3.63, 3.8) is 0 Å². The zero-order chi connectivity index (χ0) is 14.0. The molecule has 1 amide bonds. The number of carboxylic acid groups (broad SMARTS) is 1. The fourth-order valence-corrected chi connectivity index (χ4v) is 2.44. The molecule has 0 aromatic carbocycles. The number of pyridine rings is 1. The highest BCUT2D eigenvalue weighted by atomic mass is 16.4. The zero-order valence-electron chi connectivity index (χ0n) is 11.0. The van der Waals surface area contributed by atoms with Gasteiger partial charge in [0, 0.05) is 26.3 Å². The number of nitrogens with zero attached hydrogens (tertiary/aromatic N) is 2. The van der Waals surface area contributed by atoms with Gasteiger partial charge in [0.2, 0.25) is 5.91 Å². The van der Waals surface area contributed by atoms with E-state index in [9.17, 15) is 9.59 Å². The Morgan fingerprint density at radius 3 is 2.89 bits per heavy atom. The molecule has 1 atom stereocenters. The number of carboxylic acids is 1. The molecule has 6 heteroatoms. The third kappa shape index (κ3) is 2.38. The summed E-state index contributed by atoms with van der Waals surface area (Å²) in [5.41, 5.74) is -0.328. The van der Waals surface area contributed by atoms with Crippen LogP contribution < -0.4 is 10.2 Å². The summed E-state index contributed by atoms with van der Waals surface area (Å²) in [7, 11) is 1.61. The molecule has 1 aromatic rings. The van der Waals surface area contributed by atoms with E-state index in [0.29, 0.717) is 25.3 Å². The molecular formula is C13H17N3O3. The van der Waals surface area contributed by atoms with Gasteiger partial charge in [-0.15, -0.1) is 0 Å². The Morgan fingerprint density at radius 2 is 2.26 bits per heavy atom. The Balaban J connectivity index is 2.27. The van der Waals surface area contributed by atoms with Gasteiger partial charge in [0.15, 0.2) is 0 Å². The molecule has 1 unspecified atom stereocenters. The van der Waals surface area contributed by atoms with Crippen molar-refractivity contribution >= 4 is 17.7 Å². The summed E-state index contributed by atoms with van der Waals surface area (Å²) in [6, 6.07) is 3.13. The number of anilines is 1. The minimum atomic E-state index is -1.00. The molecule has 0 bridgehead atoms. The van der Waals surface area contributed by atoms with Gasteiger partial charge in [0.05, 0.1) is 5.41 Å². The first-order valence-corrected chi connectivity index (χ1v) is 6.13. The van der Waals surface area contributed by atoms with E-state index < -0.39 is 11.4 Å². The first kappa shape index (κ1) is 13.3. The van der Waals surface area contributed by atoms with Crippen molar-refractivity contribution in [1.82, 2.24) is 10.3 Å². The Kier molecular flexibility index (Phi) is 3.42. The van der Waals surface area contributed by atoms with E-state index in [0.717, 1.165) is 0 Å². The fraction of sp³-hybridized carbons (Fsp3) is 0.462. The van der Waals surface area contributed by atoms with Gasteiger partial charge < -0.3 is 15.3 Å². The highest BCUT2D eigenvalue weighted by molar-refractivity contribution is 5.93. The quantitative estimate of drug-likeness (QED) is 0.840. The number of aromatic nitrogens is 1. The zero-order valence-corrected chi connectivity index (χ0v) is 11.0. The minimum absolute atomic E-state index is 0.0252. The number of aromatic carboxylic acids is 1. The molecule has 1 fully saturated rings. The lowest BCUT2D eigenvalue weighted by Gasteiger charge is -2.23. The SMILES string of the molecule is CNC(=O)C1(C)CCN(c2ncccc2C(=O)O)C1. The highest BCUT2D eigenvalue weighted by Crippen LogP contribution is 2.33. The number of carbonyl (C=O) groups excluding carboxylic acids is 1. The molecule has 2 N–H and O–H groups in total. The van der Waals surface area contributed by atoms with Gasteiger partial charge in [-0.25, -0.2) is 9.78 Å². The van der Waals surface area contributed by atoms with Crippen LogP contribution in [0.4, 0.5) is 5.82 Å². The van der Waals surface area contributed by atoms with Crippen LogP contribution in [0.25, 0.3) is 0 Å². The maximum absolute atomic E-state index is 11.9. The van der Waals surface area contributed by atoms with Gasteiger partial charge in [0.1, 0.15) is 11.4 Å². The second kappa shape index (κ2) is 4.87. The lowest BCUT2D eigenvalue weighted by Crippen LogP contribution is -2.39. The summed E-state index contributed by atoms with van der Waals surface area (Å²) in [5, 5.41) is 11.8. The summed E-state index contributed by atoms with van der Waals surface area (Å²) in [5.74, 6) is -0.595. The molecule has 2 rings (SSSR count). The van der Waals surface area contributed by atoms with Crippen molar-refractivity contribution in [1.29, 1.82) is 0 Å². The van der Waals surface area contributed by atoms with Crippen LogP contribution in [0.15, 0.2) is 18.3 Å². The average molecular weight is 263 g/mol. The van der Waals surface area contributed by atoms with E-state index in [1.165, 1.54) is 6.07 Å². The Labute approximate surface area is 111 Å². The molecule has 1 saturated heterocycles. The normalized spacial score (nSPS) is 22.3. The number of rotatable bonds is 3. The second-order valence-corrected chi connectivity index (χ2v) is 4.99. The molecule has 0 spiro atoms. The number of hydrogen-bond acceptors (Lipinski definition) is 4. The van der Waals surface area contributed by atoms with Crippen LogP contribution in [0.3, 0.4) is 0 Å². The average Bonchev–Trinajstić information content (AvgIpc) is 2.81. The lowest BCUT2D eigenvalue weighted by atomic mass is 9.89. The fourth-order valence-electron chi connectivity index (χ4n) is 2.44. The first-order valence-electron chi connectivity index (χ1n) is 6.13. The van der Waals surface area contributed by atoms with Crippen LogP contribution in [0.1, 0.15) is 23.7 Å². The summed E-state index contributed by atoms with van der Waals surface area (Å²) in [6.45, 7) is 2.99. The monoisotopic (exact) mass is 263 g/mol. The Morgan fingerprint density at radius 1 is 1.53 bits per heavy atom. The van der Waals surface area contributed by atoms with Crippen molar-refractivity contribution in [2.45, 2.75) is 13.3 Å². The molecule has 0 saturated carbocycles. The van der Waals surface area contributed by atoms with E-state index in [4.69, 9.17) is 5.11 Å². The third-order valence-corrected chi connectivity index (χ3v) is 3.57. The molecule has 1 aliphatic rings. The van der Waals surface area contributed by atoms with Gasteiger partial charge >= 0.3 is 5.97 Å². The molecule has 0 aliphatic carbocycles. The number of amides is 1. The van der Waals surface area contributed by atoms with Crippen LogP contribution >= 0.6 is 0 Å². The van der Waals surface area contributed by atoms with Gasteiger partial charge in [0.25, 0.3) is 0 Å². The van der Waals surface area contributed by atoms with Crippen LogP contribution in [0, 0.1) is 5.41 Å². The molecule has 6 nitrogen and oxygen atoms in total. The predicted octanol–water partition coefficient (Wildman–Crippen LogP) is 0.742. The number of carbonyl (C=O) groups is 2. The van der Waals surface area contributed by atoms with Crippen molar-refractivity contribution < 1.29 is 14.7 Å². The van der Waals surface area contributed by atoms with Crippen molar-refractivity contribution in [2.24, 2.45) is 5.41 Å².